The third kappa shape index (κ3) is 3.11. The first-order valence-corrected chi connectivity index (χ1v) is 6.88. The van der Waals surface area contributed by atoms with Crippen molar-refractivity contribution in [3.63, 3.8) is 0 Å². The molecule has 2 rings (SSSR count). The first kappa shape index (κ1) is 13.5. The van der Waals surface area contributed by atoms with Gasteiger partial charge in [0, 0.05) is 5.54 Å². The Hall–Kier alpha value is -0.890. The van der Waals surface area contributed by atoms with Crippen molar-refractivity contribution < 1.29 is 4.39 Å². The van der Waals surface area contributed by atoms with Gasteiger partial charge in [-0.05, 0) is 76.1 Å². The van der Waals surface area contributed by atoms with Gasteiger partial charge >= 0.3 is 0 Å². The molecule has 1 aliphatic carbocycles. The quantitative estimate of drug-likeness (QED) is 0.853. The fourth-order valence-corrected chi connectivity index (χ4v) is 2.59. The highest BCUT2D eigenvalue weighted by Gasteiger charge is 2.32. The average Bonchev–Trinajstić information content (AvgIpc) is 2.20. The minimum atomic E-state index is -0.0950. The number of nitrogens with one attached hydrogen (secondary N) is 1. The Kier molecular flexibility index (Phi) is 3.76. The summed E-state index contributed by atoms with van der Waals surface area (Å²) < 4.78 is 13.3. The fourth-order valence-electron chi connectivity index (χ4n) is 2.59. The molecule has 0 bridgehead atoms. The Bertz CT molecular complexity index is 420. The number of rotatable bonds is 3. The first-order valence-electron chi connectivity index (χ1n) is 6.88. The van der Waals surface area contributed by atoms with E-state index in [1.807, 2.05) is 19.1 Å². The lowest BCUT2D eigenvalue weighted by Crippen LogP contribution is -2.42. The van der Waals surface area contributed by atoms with Crippen LogP contribution in [0.2, 0.25) is 0 Å². The van der Waals surface area contributed by atoms with Gasteiger partial charge in [0.15, 0.2) is 0 Å². The Morgan fingerprint density at radius 3 is 2.50 bits per heavy atom. The van der Waals surface area contributed by atoms with E-state index in [4.69, 9.17) is 0 Å². The van der Waals surface area contributed by atoms with Crippen LogP contribution in [0.25, 0.3) is 0 Å². The molecule has 2 atom stereocenters. The van der Waals surface area contributed by atoms with Crippen LogP contribution in [-0.2, 0) is 0 Å². The van der Waals surface area contributed by atoms with Gasteiger partial charge in [0.25, 0.3) is 0 Å². The van der Waals surface area contributed by atoms with Gasteiger partial charge in [0.05, 0.1) is 0 Å². The lowest BCUT2D eigenvalue weighted by molar-refractivity contribution is 0.225. The van der Waals surface area contributed by atoms with E-state index in [1.54, 1.807) is 6.07 Å². The molecule has 0 saturated heterocycles. The van der Waals surface area contributed by atoms with Crippen LogP contribution in [0, 0.1) is 18.7 Å². The number of benzene rings is 1. The van der Waals surface area contributed by atoms with E-state index in [-0.39, 0.29) is 11.4 Å². The molecule has 0 heterocycles. The molecule has 1 fully saturated rings. The van der Waals surface area contributed by atoms with E-state index in [1.165, 1.54) is 18.4 Å². The lowest BCUT2D eigenvalue weighted by Gasteiger charge is -2.39. The standard InChI is InChI=1S/C16H24FN/c1-11-9-12(6-8-15(11)17)14-7-5-13(14)10-18-16(2,3)4/h6,8-9,13-14,18H,5,7,10H2,1-4H3. The van der Waals surface area contributed by atoms with Crippen molar-refractivity contribution in [2.75, 3.05) is 6.54 Å². The van der Waals surface area contributed by atoms with Crippen molar-refractivity contribution in [2.24, 2.45) is 5.92 Å². The van der Waals surface area contributed by atoms with Gasteiger partial charge in [-0.2, -0.15) is 0 Å². The molecular formula is C16H24FN. The van der Waals surface area contributed by atoms with Crippen molar-refractivity contribution in [2.45, 2.75) is 52.0 Å². The summed E-state index contributed by atoms with van der Waals surface area (Å²) in [7, 11) is 0. The Labute approximate surface area is 110 Å². The zero-order valence-electron chi connectivity index (χ0n) is 11.9. The molecule has 0 aliphatic heterocycles. The van der Waals surface area contributed by atoms with Gasteiger partial charge in [-0.15, -0.1) is 0 Å². The molecule has 18 heavy (non-hydrogen) atoms. The number of hydrogen-bond acceptors (Lipinski definition) is 1. The molecule has 0 spiro atoms. The molecule has 1 aromatic rings. The summed E-state index contributed by atoms with van der Waals surface area (Å²) in [5.74, 6) is 1.22. The highest BCUT2D eigenvalue weighted by atomic mass is 19.1. The van der Waals surface area contributed by atoms with Gasteiger partial charge in [-0.25, -0.2) is 4.39 Å². The van der Waals surface area contributed by atoms with Crippen LogP contribution < -0.4 is 5.32 Å². The van der Waals surface area contributed by atoms with Crippen LogP contribution in [0.5, 0.6) is 0 Å². The molecule has 1 nitrogen and oxygen atoms in total. The number of aryl methyl sites for hydroxylation is 1. The fraction of sp³-hybridized carbons (Fsp3) is 0.625. The molecule has 1 N–H and O–H groups in total. The third-order valence-corrected chi connectivity index (χ3v) is 3.92. The highest BCUT2D eigenvalue weighted by Crippen LogP contribution is 2.42. The lowest BCUT2D eigenvalue weighted by atomic mass is 9.69. The molecule has 0 aromatic heterocycles. The zero-order valence-corrected chi connectivity index (χ0v) is 11.9. The van der Waals surface area contributed by atoms with E-state index >= 15 is 0 Å². The van der Waals surface area contributed by atoms with Crippen molar-refractivity contribution >= 4 is 0 Å². The van der Waals surface area contributed by atoms with Gasteiger partial charge in [-0.3, -0.25) is 0 Å². The molecule has 0 amide bonds. The summed E-state index contributed by atoms with van der Waals surface area (Å²) in [6.07, 6.45) is 2.52. The summed E-state index contributed by atoms with van der Waals surface area (Å²) in [4.78, 5) is 0. The Morgan fingerprint density at radius 2 is 2.00 bits per heavy atom. The predicted molar refractivity (Wildman–Crippen MR) is 74.4 cm³/mol. The minimum Gasteiger partial charge on any atom is -0.312 e. The average molecular weight is 249 g/mol. The molecule has 2 heteroatoms. The van der Waals surface area contributed by atoms with Crippen LogP contribution in [0.15, 0.2) is 18.2 Å². The normalized spacial score (nSPS) is 23.8. The molecule has 100 valence electrons. The van der Waals surface area contributed by atoms with Crippen molar-refractivity contribution in [3.8, 4) is 0 Å². The van der Waals surface area contributed by atoms with Crippen molar-refractivity contribution in [3.05, 3.63) is 35.1 Å². The summed E-state index contributed by atoms with van der Waals surface area (Å²) in [6.45, 7) is 9.50. The van der Waals surface area contributed by atoms with Crippen LogP contribution in [0.1, 0.15) is 50.7 Å². The van der Waals surface area contributed by atoms with Gasteiger partial charge in [-0.1, -0.05) is 12.1 Å². The van der Waals surface area contributed by atoms with E-state index in [0.29, 0.717) is 11.8 Å². The second-order valence-electron chi connectivity index (χ2n) is 6.58. The first-order chi connectivity index (χ1) is 8.37. The smallest absolute Gasteiger partial charge is 0.126 e. The molecule has 1 saturated carbocycles. The second-order valence-corrected chi connectivity index (χ2v) is 6.58. The van der Waals surface area contributed by atoms with E-state index < -0.39 is 0 Å². The molecule has 1 aliphatic rings. The third-order valence-electron chi connectivity index (χ3n) is 3.92. The molecule has 0 radical (unpaired) electrons. The Balaban J connectivity index is 1.99. The molecule has 2 unspecified atom stereocenters. The van der Waals surface area contributed by atoms with Gasteiger partial charge in [0.1, 0.15) is 5.82 Å². The molecular weight excluding hydrogens is 225 g/mol. The minimum absolute atomic E-state index is 0.0950. The largest absolute Gasteiger partial charge is 0.312 e. The zero-order chi connectivity index (χ0) is 13.3. The number of hydrogen-bond donors (Lipinski definition) is 1. The van der Waals surface area contributed by atoms with Crippen molar-refractivity contribution in [1.82, 2.24) is 5.32 Å². The van der Waals surface area contributed by atoms with Crippen LogP contribution >= 0.6 is 0 Å². The van der Waals surface area contributed by atoms with Gasteiger partial charge in [0.2, 0.25) is 0 Å². The molecule has 1 aromatic carbocycles. The maximum atomic E-state index is 13.3. The Morgan fingerprint density at radius 1 is 1.28 bits per heavy atom. The summed E-state index contributed by atoms with van der Waals surface area (Å²) in [5.41, 5.74) is 2.25. The predicted octanol–water partition coefficient (Wildman–Crippen LogP) is 4.02. The SMILES string of the molecule is Cc1cc(C2CCC2CNC(C)(C)C)ccc1F. The summed E-state index contributed by atoms with van der Waals surface area (Å²) in [6, 6.07) is 5.58. The second kappa shape index (κ2) is 5.00. The van der Waals surface area contributed by atoms with Crippen molar-refractivity contribution in [1.29, 1.82) is 0 Å². The van der Waals surface area contributed by atoms with E-state index in [0.717, 1.165) is 12.1 Å². The van der Waals surface area contributed by atoms with Crippen LogP contribution in [-0.4, -0.2) is 12.1 Å². The monoisotopic (exact) mass is 249 g/mol. The topological polar surface area (TPSA) is 12.0 Å². The van der Waals surface area contributed by atoms with Crippen LogP contribution in [0.4, 0.5) is 4.39 Å². The summed E-state index contributed by atoms with van der Waals surface area (Å²) in [5, 5.41) is 3.58. The van der Waals surface area contributed by atoms with Crippen LogP contribution in [0.3, 0.4) is 0 Å². The van der Waals surface area contributed by atoms with E-state index in [2.05, 4.69) is 26.1 Å². The maximum absolute atomic E-state index is 13.3. The number of halogens is 1. The van der Waals surface area contributed by atoms with E-state index in [9.17, 15) is 4.39 Å². The van der Waals surface area contributed by atoms with Gasteiger partial charge < -0.3 is 5.32 Å². The highest BCUT2D eigenvalue weighted by molar-refractivity contribution is 5.29. The maximum Gasteiger partial charge on any atom is 0.126 e. The summed E-state index contributed by atoms with van der Waals surface area (Å²) >= 11 is 0.